The highest BCUT2D eigenvalue weighted by Gasteiger charge is 2.19. The number of pyridine rings is 1. The van der Waals surface area contributed by atoms with Gasteiger partial charge in [-0.25, -0.2) is 4.98 Å². The fraction of sp³-hybridized carbons (Fsp3) is 0.435. The van der Waals surface area contributed by atoms with E-state index in [1.165, 1.54) is 0 Å². The Bertz CT molecular complexity index is 813. The molecule has 2 aromatic rings. The fourth-order valence-corrected chi connectivity index (χ4v) is 3.23. The molecule has 1 aromatic heterocycles. The number of benzene rings is 1. The van der Waals surface area contributed by atoms with E-state index in [0.29, 0.717) is 13.1 Å². The van der Waals surface area contributed by atoms with Gasteiger partial charge < -0.3 is 10.2 Å². The average Bonchev–Trinajstić information content (AvgIpc) is 2.68. The Labute approximate surface area is 168 Å². The van der Waals surface area contributed by atoms with Crippen molar-refractivity contribution in [2.45, 2.75) is 53.4 Å². The topological polar surface area (TPSA) is 62.3 Å². The van der Waals surface area contributed by atoms with Crippen LogP contribution in [-0.4, -0.2) is 34.8 Å². The molecule has 1 aromatic carbocycles. The molecule has 1 heterocycles. The molecule has 0 unspecified atom stereocenters. The number of aromatic nitrogens is 1. The number of hydrogen-bond acceptors (Lipinski definition) is 3. The zero-order chi connectivity index (χ0) is 20.8. The number of para-hydroxylation sites is 1. The third-order valence-corrected chi connectivity index (χ3v) is 4.86. The fourth-order valence-electron chi connectivity index (χ4n) is 3.23. The van der Waals surface area contributed by atoms with Gasteiger partial charge in [-0.05, 0) is 48.9 Å². The van der Waals surface area contributed by atoms with E-state index in [4.69, 9.17) is 0 Å². The lowest BCUT2D eigenvalue weighted by molar-refractivity contribution is 0.0767. The number of carbonyl (C=O) groups excluding carboxylic acids is 2. The van der Waals surface area contributed by atoms with Crippen LogP contribution >= 0.6 is 0 Å². The molecular formula is C23H31N3O2. The summed E-state index contributed by atoms with van der Waals surface area (Å²) >= 11 is 0. The Morgan fingerprint density at radius 2 is 1.39 bits per heavy atom. The summed E-state index contributed by atoms with van der Waals surface area (Å²) in [7, 11) is 0. The van der Waals surface area contributed by atoms with Crippen LogP contribution in [0.4, 0.5) is 5.69 Å². The van der Waals surface area contributed by atoms with Crippen LogP contribution in [0.25, 0.3) is 0 Å². The Kier molecular flexibility index (Phi) is 7.32. The maximum atomic E-state index is 12.9. The minimum absolute atomic E-state index is 0.162. The molecule has 150 valence electrons. The van der Waals surface area contributed by atoms with Crippen molar-refractivity contribution in [3.63, 3.8) is 0 Å². The third kappa shape index (κ3) is 4.77. The van der Waals surface area contributed by atoms with E-state index in [2.05, 4.69) is 38.0 Å². The summed E-state index contributed by atoms with van der Waals surface area (Å²) in [6.07, 6.45) is 0. The van der Waals surface area contributed by atoms with Gasteiger partial charge in [0.05, 0.1) is 0 Å². The van der Waals surface area contributed by atoms with Gasteiger partial charge in [-0.15, -0.1) is 0 Å². The van der Waals surface area contributed by atoms with Crippen LogP contribution in [0.15, 0.2) is 36.4 Å². The number of nitrogens with zero attached hydrogens (tertiary/aromatic N) is 2. The second kappa shape index (κ2) is 9.49. The summed E-state index contributed by atoms with van der Waals surface area (Å²) in [5.41, 5.74) is 3.56. The van der Waals surface area contributed by atoms with Crippen LogP contribution in [0, 0.1) is 0 Å². The highest BCUT2D eigenvalue weighted by molar-refractivity contribution is 6.04. The van der Waals surface area contributed by atoms with E-state index in [1.54, 1.807) is 23.1 Å². The Hall–Kier alpha value is -2.69. The maximum absolute atomic E-state index is 12.9. The van der Waals surface area contributed by atoms with Crippen molar-refractivity contribution in [1.82, 2.24) is 9.88 Å². The van der Waals surface area contributed by atoms with Crippen molar-refractivity contribution in [2.24, 2.45) is 0 Å². The predicted octanol–water partition coefficient (Wildman–Crippen LogP) is 5.06. The first-order valence-corrected chi connectivity index (χ1v) is 10.0. The lowest BCUT2D eigenvalue weighted by Crippen LogP contribution is -2.31. The molecule has 5 heteroatoms. The molecule has 0 aliphatic carbocycles. The van der Waals surface area contributed by atoms with E-state index < -0.39 is 0 Å². The van der Waals surface area contributed by atoms with Gasteiger partial charge in [0.15, 0.2) is 0 Å². The van der Waals surface area contributed by atoms with Gasteiger partial charge >= 0.3 is 0 Å². The van der Waals surface area contributed by atoms with E-state index >= 15 is 0 Å². The van der Waals surface area contributed by atoms with E-state index in [1.807, 2.05) is 32.0 Å². The quantitative estimate of drug-likeness (QED) is 0.729. The number of hydrogen-bond donors (Lipinski definition) is 1. The Morgan fingerprint density at radius 3 is 1.89 bits per heavy atom. The smallest absolute Gasteiger partial charge is 0.274 e. The summed E-state index contributed by atoms with van der Waals surface area (Å²) in [4.78, 5) is 31.5. The summed E-state index contributed by atoms with van der Waals surface area (Å²) in [6, 6.07) is 11.1. The van der Waals surface area contributed by atoms with Crippen molar-refractivity contribution < 1.29 is 9.59 Å². The molecule has 0 atom stereocenters. The molecule has 0 saturated carbocycles. The minimum Gasteiger partial charge on any atom is -0.338 e. The van der Waals surface area contributed by atoms with Crippen LogP contribution in [0.2, 0.25) is 0 Å². The Balaban J connectivity index is 2.37. The first kappa shape index (κ1) is 21.6. The molecule has 0 fully saturated rings. The van der Waals surface area contributed by atoms with Crippen molar-refractivity contribution in [3.8, 4) is 0 Å². The molecule has 0 saturated heterocycles. The summed E-state index contributed by atoms with van der Waals surface area (Å²) in [5.74, 6) is 0.0874. The molecule has 1 N–H and O–H groups in total. The van der Waals surface area contributed by atoms with Gasteiger partial charge in [0, 0.05) is 18.8 Å². The molecule has 0 spiro atoms. The maximum Gasteiger partial charge on any atom is 0.274 e. The van der Waals surface area contributed by atoms with Gasteiger partial charge in [-0.3, -0.25) is 9.59 Å². The third-order valence-electron chi connectivity index (χ3n) is 4.86. The molecule has 5 nitrogen and oxygen atoms in total. The van der Waals surface area contributed by atoms with Crippen LogP contribution in [0.3, 0.4) is 0 Å². The number of rotatable bonds is 7. The number of carbonyl (C=O) groups is 2. The van der Waals surface area contributed by atoms with Gasteiger partial charge in [-0.2, -0.15) is 0 Å². The number of nitrogens with one attached hydrogen (secondary N) is 1. The van der Waals surface area contributed by atoms with E-state index in [0.717, 1.165) is 16.8 Å². The average molecular weight is 382 g/mol. The summed E-state index contributed by atoms with van der Waals surface area (Å²) in [5, 5.41) is 3.06. The van der Waals surface area contributed by atoms with Crippen molar-refractivity contribution >= 4 is 17.5 Å². The van der Waals surface area contributed by atoms with Crippen LogP contribution < -0.4 is 5.32 Å². The molecule has 2 amide bonds. The SMILES string of the molecule is CCN(CC)C(=O)c1cccc(C(=O)Nc2c(C(C)C)cccc2C(C)C)n1. The molecular weight excluding hydrogens is 350 g/mol. The zero-order valence-corrected chi connectivity index (χ0v) is 17.7. The van der Waals surface area contributed by atoms with Gasteiger partial charge in [0.25, 0.3) is 11.8 Å². The number of amides is 2. The first-order chi connectivity index (χ1) is 13.3. The van der Waals surface area contributed by atoms with E-state index in [9.17, 15) is 9.59 Å². The van der Waals surface area contributed by atoms with E-state index in [-0.39, 0.29) is 35.0 Å². The van der Waals surface area contributed by atoms with Crippen LogP contribution in [-0.2, 0) is 0 Å². The lowest BCUT2D eigenvalue weighted by Gasteiger charge is -2.20. The summed E-state index contributed by atoms with van der Waals surface area (Å²) in [6.45, 7) is 13.5. The second-order valence-corrected chi connectivity index (χ2v) is 7.46. The van der Waals surface area contributed by atoms with Gasteiger partial charge in [-0.1, -0.05) is 52.0 Å². The molecule has 0 radical (unpaired) electrons. The standard InChI is InChI=1S/C23H31N3O2/c1-7-26(8-2)23(28)20-14-10-13-19(24-20)22(27)25-21-17(15(3)4)11-9-12-18(21)16(5)6/h9-16H,7-8H2,1-6H3,(H,25,27). The highest BCUT2D eigenvalue weighted by Crippen LogP contribution is 2.32. The Morgan fingerprint density at radius 1 is 0.893 bits per heavy atom. The highest BCUT2D eigenvalue weighted by atomic mass is 16.2. The van der Waals surface area contributed by atoms with Crippen LogP contribution in [0.1, 0.15) is 85.5 Å². The van der Waals surface area contributed by atoms with Crippen molar-refractivity contribution in [3.05, 3.63) is 58.9 Å². The number of anilines is 1. The predicted molar refractivity (Wildman–Crippen MR) is 114 cm³/mol. The molecule has 2 rings (SSSR count). The lowest BCUT2D eigenvalue weighted by atomic mass is 9.92. The van der Waals surface area contributed by atoms with Gasteiger partial charge in [0.2, 0.25) is 0 Å². The minimum atomic E-state index is -0.302. The van der Waals surface area contributed by atoms with Crippen molar-refractivity contribution in [2.75, 3.05) is 18.4 Å². The molecule has 0 bridgehead atoms. The molecule has 0 aliphatic rings. The van der Waals surface area contributed by atoms with Gasteiger partial charge in [0.1, 0.15) is 11.4 Å². The van der Waals surface area contributed by atoms with Crippen LogP contribution in [0.5, 0.6) is 0 Å². The van der Waals surface area contributed by atoms with Crippen molar-refractivity contribution in [1.29, 1.82) is 0 Å². The molecule has 0 aliphatic heterocycles. The zero-order valence-electron chi connectivity index (χ0n) is 17.7. The largest absolute Gasteiger partial charge is 0.338 e. The first-order valence-electron chi connectivity index (χ1n) is 10.0. The molecule has 28 heavy (non-hydrogen) atoms. The summed E-state index contributed by atoms with van der Waals surface area (Å²) < 4.78 is 0. The second-order valence-electron chi connectivity index (χ2n) is 7.46. The normalized spacial score (nSPS) is 11.0. The monoisotopic (exact) mass is 381 g/mol.